The van der Waals surface area contributed by atoms with Crippen LogP contribution >= 0.6 is 15.6 Å². The molecule has 5 heterocycles. The SMILES string of the molecule is NC(=O)c1cc[n+]([C@@H]2O[C@H](COP(=O)(O)OP(=O)(O)OC[C@H]3O[C@@H](n4cnc5c(N)ncnc54)[C@H](O)[C@@H]3O)[C@@H](O)[C@H]2O)cc1. The lowest BCUT2D eigenvalue weighted by molar-refractivity contribution is -0.765. The highest BCUT2D eigenvalue weighted by Crippen LogP contribution is 2.60. The zero-order valence-corrected chi connectivity index (χ0v) is 24.0. The first-order valence-corrected chi connectivity index (χ1v) is 15.6. The van der Waals surface area contributed by atoms with Gasteiger partial charge < -0.3 is 51.2 Å². The number of nitrogen functional groups attached to an aromatic ring is 1. The first kappa shape index (κ1) is 32.4. The Balaban J connectivity index is 1.15. The van der Waals surface area contributed by atoms with Gasteiger partial charge in [0.05, 0.1) is 25.1 Å². The number of ether oxygens (including phenoxy) is 2. The van der Waals surface area contributed by atoms with Gasteiger partial charge in [0.2, 0.25) is 5.91 Å². The standard InChI is InChI=1S/C21H27N7O14P2/c22-17-12-19(25-7-24-17)28(8-26-12)21-16(32)14(30)11(41-21)6-39-44(36,37)42-43(34,35)38-5-10-13(29)15(31)20(40-10)27-3-1-9(2-4-27)18(23)33/h1-4,7-8,10-11,13-16,20-21,29-32H,5-6H2,(H5-,22,23,24,25,33,34,35,36,37)/p+1/t10-,11-,13-,14-,15-,16-,20-,21-/m1/s1. The lowest BCUT2D eigenvalue weighted by Gasteiger charge is -2.20. The summed E-state index contributed by atoms with van der Waals surface area (Å²) < 4.78 is 52.1. The van der Waals surface area contributed by atoms with Crippen LogP contribution in [0.5, 0.6) is 0 Å². The van der Waals surface area contributed by atoms with Crippen molar-refractivity contribution in [3.8, 4) is 0 Å². The summed E-state index contributed by atoms with van der Waals surface area (Å²) in [6.07, 6.45) is -6.65. The maximum absolute atomic E-state index is 12.4. The topological polar surface area (TPSA) is 318 Å². The molecule has 240 valence electrons. The fourth-order valence-corrected chi connectivity index (χ4v) is 6.64. The zero-order valence-electron chi connectivity index (χ0n) is 22.2. The molecule has 2 aliphatic heterocycles. The van der Waals surface area contributed by atoms with Crippen LogP contribution < -0.4 is 16.0 Å². The molecule has 0 radical (unpaired) electrons. The molecule has 21 nitrogen and oxygen atoms in total. The predicted molar refractivity (Wildman–Crippen MR) is 139 cm³/mol. The molecule has 10 atom stereocenters. The number of aliphatic hydroxyl groups excluding tert-OH is 4. The van der Waals surface area contributed by atoms with Gasteiger partial charge in [-0.25, -0.2) is 24.1 Å². The molecule has 5 rings (SSSR count). The highest BCUT2D eigenvalue weighted by atomic mass is 31.3. The third-order valence-electron chi connectivity index (χ3n) is 6.78. The van der Waals surface area contributed by atoms with Crippen LogP contribution in [0.2, 0.25) is 0 Å². The number of phosphoric acid groups is 2. The quantitative estimate of drug-likeness (QED) is 0.0747. The fraction of sp³-hybridized carbons (Fsp3) is 0.476. The summed E-state index contributed by atoms with van der Waals surface area (Å²) in [6.45, 7) is -1.77. The number of aliphatic hydroxyl groups is 4. The molecule has 2 aliphatic rings. The number of nitrogens with zero attached hydrogens (tertiary/aromatic N) is 5. The van der Waals surface area contributed by atoms with E-state index in [1.165, 1.54) is 40.0 Å². The number of imidazole rings is 1. The Morgan fingerprint density at radius 1 is 0.932 bits per heavy atom. The van der Waals surface area contributed by atoms with Gasteiger partial charge in [0.15, 0.2) is 36.2 Å². The summed E-state index contributed by atoms with van der Waals surface area (Å²) in [5.41, 5.74) is 11.5. The van der Waals surface area contributed by atoms with E-state index >= 15 is 0 Å². The largest absolute Gasteiger partial charge is 0.481 e. The number of nitrogens with two attached hydrogens (primary N) is 2. The Hall–Kier alpha value is -3.01. The van der Waals surface area contributed by atoms with Crippen LogP contribution in [0, 0.1) is 0 Å². The number of primary amides is 1. The van der Waals surface area contributed by atoms with Crippen LogP contribution in [0.15, 0.2) is 37.2 Å². The van der Waals surface area contributed by atoms with Gasteiger partial charge in [0.25, 0.3) is 6.23 Å². The van der Waals surface area contributed by atoms with E-state index in [0.717, 1.165) is 6.33 Å². The van der Waals surface area contributed by atoms with E-state index in [9.17, 15) is 44.1 Å². The molecule has 1 amide bonds. The van der Waals surface area contributed by atoms with Crippen molar-refractivity contribution in [1.29, 1.82) is 0 Å². The van der Waals surface area contributed by atoms with Gasteiger partial charge in [-0.05, 0) is 0 Å². The molecule has 0 bridgehead atoms. The van der Waals surface area contributed by atoms with Crippen molar-refractivity contribution in [2.24, 2.45) is 5.73 Å². The molecule has 2 fully saturated rings. The Kier molecular flexibility index (Phi) is 9.13. The van der Waals surface area contributed by atoms with Crippen LogP contribution in [-0.2, 0) is 32.0 Å². The summed E-state index contributed by atoms with van der Waals surface area (Å²) in [5, 5.41) is 41.6. The van der Waals surface area contributed by atoms with Gasteiger partial charge in [0.1, 0.15) is 42.4 Å². The van der Waals surface area contributed by atoms with E-state index in [0.29, 0.717) is 0 Å². The smallest absolute Gasteiger partial charge is 0.387 e. The summed E-state index contributed by atoms with van der Waals surface area (Å²) in [6, 6.07) is 2.68. The number of pyridine rings is 1. The number of amides is 1. The summed E-state index contributed by atoms with van der Waals surface area (Å²) >= 11 is 0. The second kappa shape index (κ2) is 12.4. The summed E-state index contributed by atoms with van der Waals surface area (Å²) in [7, 11) is -10.7. The molecular weight excluding hydrogens is 636 g/mol. The fourth-order valence-electron chi connectivity index (χ4n) is 4.55. The van der Waals surface area contributed by atoms with Gasteiger partial charge in [0, 0.05) is 12.1 Å². The first-order valence-electron chi connectivity index (χ1n) is 12.6. The lowest BCUT2D eigenvalue weighted by Crippen LogP contribution is -2.45. The maximum Gasteiger partial charge on any atom is 0.481 e. The van der Waals surface area contributed by atoms with Crippen LogP contribution in [0.3, 0.4) is 0 Å². The number of rotatable bonds is 11. The van der Waals surface area contributed by atoms with Gasteiger partial charge >= 0.3 is 15.6 Å². The second-order valence-electron chi connectivity index (χ2n) is 9.68. The van der Waals surface area contributed by atoms with E-state index in [1.807, 2.05) is 0 Å². The number of fused-ring (bicyclic) bond motifs is 1. The van der Waals surface area contributed by atoms with E-state index in [-0.39, 0.29) is 22.5 Å². The molecule has 10 N–H and O–H groups in total. The first-order chi connectivity index (χ1) is 20.7. The van der Waals surface area contributed by atoms with E-state index in [2.05, 4.69) is 23.8 Å². The average molecular weight is 664 g/mol. The van der Waals surface area contributed by atoms with Crippen molar-refractivity contribution in [2.45, 2.75) is 49.1 Å². The second-order valence-corrected chi connectivity index (χ2v) is 12.7. The van der Waals surface area contributed by atoms with Crippen LogP contribution in [0.25, 0.3) is 11.2 Å². The summed E-state index contributed by atoms with van der Waals surface area (Å²) in [5.74, 6) is -0.644. The lowest BCUT2D eigenvalue weighted by atomic mass is 10.1. The van der Waals surface area contributed by atoms with Crippen molar-refractivity contribution in [2.75, 3.05) is 18.9 Å². The van der Waals surface area contributed by atoms with Crippen LogP contribution in [0.1, 0.15) is 22.8 Å². The van der Waals surface area contributed by atoms with Crippen molar-refractivity contribution in [3.63, 3.8) is 0 Å². The number of aromatic nitrogens is 5. The van der Waals surface area contributed by atoms with Gasteiger partial charge in [-0.2, -0.15) is 8.88 Å². The average Bonchev–Trinajstić information content (AvgIpc) is 3.61. The molecule has 3 aromatic rings. The third kappa shape index (κ3) is 6.65. The molecular formula is C21H28N7O14P2+. The number of phosphoric ester groups is 2. The van der Waals surface area contributed by atoms with Gasteiger partial charge in [-0.15, -0.1) is 0 Å². The van der Waals surface area contributed by atoms with E-state index in [4.69, 9.17) is 25.5 Å². The molecule has 44 heavy (non-hydrogen) atoms. The Labute approximate surface area is 246 Å². The molecule has 0 spiro atoms. The van der Waals surface area contributed by atoms with Crippen molar-refractivity contribution in [3.05, 3.63) is 42.7 Å². The minimum Gasteiger partial charge on any atom is -0.387 e. The molecule has 0 aliphatic carbocycles. The molecule has 2 saturated heterocycles. The number of carbonyl (C=O) groups excluding carboxylic acids is 1. The zero-order chi connectivity index (χ0) is 32.0. The Morgan fingerprint density at radius 2 is 1.52 bits per heavy atom. The highest BCUT2D eigenvalue weighted by Gasteiger charge is 2.50. The van der Waals surface area contributed by atoms with Crippen LogP contribution in [0.4, 0.5) is 5.82 Å². The van der Waals surface area contributed by atoms with Crippen molar-refractivity contribution < 1.29 is 71.5 Å². The summed E-state index contributed by atoms with van der Waals surface area (Å²) in [4.78, 5) is 43.1. The number of carbonyl (C=O) groups is 1. The number of anilines is 1. The number of hydrogen-bond acceptors (Lipinski definition) is 16. The Bertz CT molecular complexity index is 1610. The minimum atomic E-state index is -5.36. The molecule has 3 aromatic heterocycles. The maximum atomic E-state index is 12.4. The third-order valence-corrected chi connectivity index (χ3v) is 9.38. The van der Waals surface area contributed by atoms with Gasteiger partial charge in [-0.3, -0.25) is 18.4 Å². The predicted octanol–water partition coefficient (Wildman–Crippen LogP) is -3.02. The Morgan fingerprint density at radius 3 is 2.14 bits per heavy atom. The monoisotopic (exact) mass is 664 g/mol. The van der Waals surface area contributed by atoms with Crippen molar-refractivity contribution in [1.82, 2.24) is 19.5 Å². The van der Waals surface area contributed by atoms with E-state index in [1.54, 1.807) is 0 Å². The van der Waals surface area contributed by atoms with Crippen molar-refractivity contribution >= 4 is 38.5 Å². The van der Waals surface area contributed by atoms with Crippen LogP contribution in [-0.4, -0.2) is 105 Å². The van der Waals surface area contributed by atoms with Gasteiger partial charge in [-0.1, -0.05) is 0 Å². The minimum absolute atomic E-state index is 0.0518. The normalized spacial score (nSPS) is 31.6. The molecule has 0 saturated carbocycles. The molecule has 23 heteroatoms. The highest BCUT2D eigenvalue weighted by molar-refractivity contribution is 7.61. The van der Waals surface area contributed by atoms with E-state index < -0.39 is 83.8 Å². The molecule has 0 aromatic carbocycles. The number of hydrogen-bond donors (Lipinski definition) is 8. The molecule has 2 unspecified atom stereocenters.